The van der Waals surface area contributed by atoms with E-state index in [0.29, 0.717) is 41.0 Å². The standard InChI is InChI=1S/C23H26N4O4S/c1-15-4-7-17(8-5-15)25-22(29)27-23-26-18(14-32-23)13-21(28)24-11-10-16-6-9-19(30-2)20(12-16)31-3/h4-9,12,14H,10-11,13H2,1-3H3,(H,24,28)(H2,25,26,27,29). The van der Waals surface area contributed by atoms with Crippen molar-refractivity contribution < 1.29 is 19.1 Å². The summed E-state index contributed by atoms with van der Waals surface area (Å²) in [6.45, 7) is 2.47. The van der Waals surface area contributed by atoms with Crippen molar-refractivity contribution in [3.05, 3.63) is 64.7 Å². The van der Waals surface area contributed by atoms with Gasteiger partial charge < -0.3 is 20.1 Å². The summed E-state index contributed by atoms with van der Waals surface area (Å²) >= 11 is 1.27. The molecular formula is C23H26N4O4S. The Hall–Kier alpha value is -3.59. The molecule has 9 heteroatoms. The molecule has 0 aliphatic heterocycles. The highest BCUT2D eigenvalue weighted by Crippen LogP contribution is 2.27. The molecule has 0 fully saturated rings. The topological polar surface area (TPSA) is 102 Å². The highest BCUT2D eigenvalue weighted by molar-refractivity contribution is 7.14. The van der Waals surface area contributed by atoms with E-state index in [0.717, 1.165) is 11.1 Å². The predicted octanol–water partition coefficient (Wildman–Crippen LogP) is 4.01. The van der Waals surface area contributed by atoms with Crippen molar-refractivity contribution in [3.63, 3.8) is 0 Å². The van der Waals surface area contributed by atoms with Gasteiger partial charge in [0.15, 0.2) is 16.6 Å². The smallest absolute Gasteiger partial charge is 0.325 e. The molecular weight excluding hydrogens is 428 g/mol. The number of thiazole rings is 1. The third-order valence-corrected chi connectivity index (χ3v) is 5.41. The highest BCUT2D eigenvalue weighted by Gasteiger charge is 2.11. The highest BCUT2D eigenvalue weighted by atomic mass is 32.1. The van der Waals surface area contributed by atoms with Gasteiger partial charge >= 0.3 is 6.03 Å². The van der Waals surface area contributed by atoms with Crippen LogP contribution in [-0.4, -0.2) is 37.7 Å². The summed E-state index contributed by atoms with van der Waals surface area (Å²) in [5.74, 6) is 1.19. The van der Waals surface area contributed by atoms with E-state index < -0.39 is 0 Å². The number of methoxy groups -OCH3 is 2. The number of aryl methyl sites for hydroxylation is 1. The lowest BCUT2D eigenvalue weighted by molar-refractivity contribution is -0.120. The summed E-state index contributed by atoms with van der Waals surface area (Å²) < 4.78 is 10.5. The molecule has 0 saturated carbocycles. The number of urea groups is 1. The Morgan fingerprint density at radius 1 is 1.00 bits per heavy atom. The van der Waals surface area contributed by atoms with Gasteiger partial charge in [0.05, 0.1) is 26.3 Å². The van der Waals surface area contributed by atoms with Crippen molar-refractivity contribution in [2.45, 2.75) is 19.8 Å². The predicted molar refractivity (Wildman–Crippen MR) is 126 cm³/mol. The SMILES string of the molecule is COc1ccc(CCNC(=O)Cc2csc(NC(=O)Nc3ccc(C)cc3)n2)cc1OC. The zero-order chi connectivity index (χ0) is 22.9. The number of aromatic nitrogens is 1. The lowest BCUT2D eigenvalue weighted by Gasteiger charge is -2.10. The van der Waals surface area contributed by atoms with Crippen LogP contribution in [0.25, 0.3) is 0 Å². The lowest BCUT2D eigenvalue weighted by Crippen LogP contribution is -2.27. The number of hydrogen-bond acceptors (Lipinski definition) is 6. The number of amides is 3. The van der Waals surface area contributed by atoms with Gasteiger partial charge in [-0.3, -0.25) is 10.1 Å². The van der Waals surface area contributed by atoms with Crippen molar-refractivity contribution in [2.24, 2.45) is 0 Å². The Labute approximate surface area is 191 Å². The molecule has 0 bridgehead atoms. The van der Waals surface area contributed by atoms with Crippen LogP contribution < -0.4 is 25.4 Å². The Morgan fingerprint density at radius 3 is 2.47 bits per heavy atom. The van der Waals surface area contributed by atoms with Crippen LogP contribution in [0.5, 0.6) is 11.5 Å². The lowest BCUT2D eigenvalue weighted by atomic mass is 10.1. The number of ether oxygens (including phenoxy) is 2. The molecule has 0 unspecified atom stereocenters. The molecule has 3 N–H and O–H groups in total. The second kappa shape index (κ2) is 11.1. The molecule has 0 aliphatic carbocycles. The van der Waals surface area contributed by atoms with Gasteiger partial charge in [-0.25, -0.2) is 9.78 Å². The van der Waals surface area contributed by atoms with Crippen molar-refractivity contribution in [3.8, 4) is 11.5 Å². The van der Waals surface area contributed by atoms with Gasteiger partial charge in [-0.15, -0.1) is 11.3 Å². The van der Waals surface area contributed by atoms with Crippen LogP contribution in [0.15, 0.2) is 47.8 Å². The van der Waals surface area contributed by atoms with Gasteiger partial charge in [0.25, 0.3) is 0 Å². The molecule has 3 aromatic rings. The summed E-state index contributed by atoms with van der Waals surface area (Å²) in [5, 5.41) is 10.5. The number of nitrogens with zero attached hydrogens (tertiary/aromatic N) is 1. The van der Waals surface area contributed by atoms with Crippen LogP contribution in [0.4, 0.5) is 15.6 Å². The molecule has 0 spiro atoms. The average Bonchev–Trinajstić information content (AvgIpc) is 3.21. The molecule has 32 heavy (non-hydrogen) atoms. The first-order chi connectivity index (χ1) is 15.5. The molecule has 0 saturated heterocycles. The third kappa shape index (κ3) is 6.71. The molecule has 3 rings (SSSR count). The van der Waals surface area contributed by atoms with E-state index in [2.05, 4.69) is 20.9 Å². The van der Waals surface area contributed by atoms with E-state index in [4.69, 9.17) is 9.47 Å². The van der Waals surface area contributed by atoms with Gasteiger partial charge in [0.1, 0.15) is 0 Å². The zero-order valence-electron chi connectivity index (χ0n) is 18.2. The average molecular weight is 455 g/mol. The fraction of sp³-hybridized carbons (Fsp3) is 0.261. The van der Waals surface area contributed by atoms with Crippen LogP contribution in [0.1, 0.15) is 16.8 Å². The Bertz CT molecular complexity index is 1070. The quantitative estimate of drug-likeness (QED) is 0.453. The van der Waals surface area contributed by atoms with Crippen molar-refractivity contribution >= 4 is 34.1 Å². The number of benzene rings is 2. The number of carbonyl (C=O) groups is 2. The minimum absolute atomic E-state index is 0.133. The van der Waals surface area contributed by atoms with Crippen LogP contribution in [0.2, 0.25) is 0 Å². The molecule has 0 atom stereocenters. The van der Waals surface area contributed by atoms with Crippen molar-refractivity contribution in [1.82, 2.24) is 10.3 Å². The monoisotopic (exact) mass is 454 g/mol. The molecule has 168 valence electrons. The molecule has 8 nitrogen and oxygen atoms in total. The number of carbonyl (C=O) groups excluding carboxylic acids is 2. The van der Waals surface area contributed by atoms with E-state index in [-0.39, 0.29) is 18.4 Å². The van der Waals surface area contributed by atoms with E-state index in [1.54, 1.807) is 19.6 Å². The molecule has 2 aromatic carbocycles. The van der Waals surface area contributed by atoms with Crippen LogP contribution in [0, 0.1) is 6.92 Å². The summed E-state index contributed by atoms with van der Waals surface area (Å²) in [5.41, 5.74) is 3.44. The van der Waals surface area contributed by atoms with Crippen LogP contribution >= 0.6 is 11.3 Å². The van der Waals surface area contributed by atoms with Crippen LogP contribution in [-0.2, 0) is 17.6 Å². The molecule has 0 radical (unpaired) electrons. The van der Waals surface area contributed by atoms with Gasteiger partial charge in [-0.2, -0.15) is 0 Å². The number of anilines is 2. The molecule has 1 aromatic heterocycles. The van der Waals surface area contributed by atoms with Crippen molar-refractivity contribution in [1.29, 1.82) is 0 Å². The van der Waals surface area contributed by atoms with E-state index >= 15 is 0 Å². The summed E-state index contributed by atoms with van der Waals surface area (Å²) in [4.78, 5) is 28.7. The maximum Gasteiger partial charge on any atom is 0.325 e. The Kier molecular flexibility index (Phi) is 8.04. The van der Waals surface area contributed by atoms with E-state index in [9.17, 15) is 9.59 Å². The fourth-order valence-corrected chi connectivity index (χ4v) is 3.66. The second-order valence-electron chi connectivity index (χ2n) is 7.06. The van der Waals surface area contributed by atoms with Gasteiger partial charge in [-0.05, 0) is 43.2 Å². The van der Waals surface area contributed by atoms with E-state index in [1.165, 1.54) is 11.3 Å². The third-order valence-electron chi connectivity index (χ3n) is 4.61. The summed E-state index contributed by atoms with van der Waals surface area (Å²) in [7, 11) is 3.18. The minimum Gasteiger partial charge on any atom is -0.493 e. The maximum absolute atomic E-state index is 12.2. The van der Waals surface area contributed by atoms with Crippen molar-refractivity contribution in [2.75, 3.05) is 31.4 Å². The fourth-order valence-electron chi connectivity index (χ4n) is 2.95. The minimum atomic E-state index is -0.380. The Morgan fingerprint density at radius 2 is 1.75 bits per heavy atom. The zero-order valence-corrected chi connectivity index (χ0v) is 19.0. The normalized spacial score (nSPS) is 10.3. The van der Waals surface area contributed by atoms with E-state index in [1.807, 2.05) is 49.4 Å². The first kappa shape index (κ1) is 23.1. The molecule has 0 aliphatic rings. The second-order valence-corrected chi connectivity index (χ2v) is 7.91. The van der Waals surface area contributed by atoms with Gasteiger partial charge in [0, 0.05) is 17.6 Å². The number of hydrogen-bond donors (Lipinski definition) is 3. The number of rotatable bonds is 9. The summed E-state index contributed by atoms with van der Waals surface area (Å²) in [6.07, 6.45) is 0.804. The van der Waals surface area contributed by atoms with Crippen LogP contribution in [0.3, 0.4) is 0 Å². The molecule has 3 amide bonds. The first-order valence-electron chi connectivity index (χ1n) is 10.0. The van der Waals surface area contributed by atoms with Gasteiger partial charge in [-0.1, -0.05) is 23.8 Å². The maximum atomic E-state index is 12.2. The largest absolute Gasteiger partial charge is 0.493 e. The van der Waals surface area contributed by atoms with Gasteiger partial charge in [0.2, 0.25) is 5.91 Å². The first-order valence-corrected chi connectivity index (χ1v) is 10.9. The number of nitrogens with one attached hydrogen (secondary N) is 3. The Balaban J connectivity index is 1.43. The summed E-state index contributed by atoms with van der Waals surface area (Å²) in [6, 6.07) is 12.8. The molecule has 1 heterocycles.